The number of nitrogens with zero attached hydrogens (tertiary/aromatic N) is 3. The third kappa shape index (κ3) is 5.55. The van der Waals surface area contributed by atoms with Crippen LogP contribution in [0.15, 0.2) is 53.4 Å². The summed E-state index contributed by atoms with van der Waals surface area (Å²) in [5, 5.41) is 0.768. The lowest BCUT2D eigenvalue weighted by Crippen LogP contribution is -2.30. The molecule has 1 saturated heterocycles. The van der Waals surface area contributed by atoms with Crippen LogP contribution in [0.1, 0.15) is 17.5 Å². The van der Waals surface area contributed by atoms with Gasteiger partial charge in [0.05, 0.1) is 4.90 Å². The van der Waals surface area contributed by atoms with Crippen LogP contribution in [-0.2, 0) is 23.1 Å². The lowest BCUT2D eigenvalue weighted by atomic mass is 10.2. The van der Waals surface area contributed by atoms with Gasteiger partial charge in [-0.2, -0.15) is 0 Å². The Morgan fingerprint density at radius 3 is 2.11 bits per heavy atom. The molecule has 5 nitrogen and oxygen atoms in total. The van der Waals surface area contributed by atoms with Crippen molar-refractivity contribution in [3.8, 4) is 0 Å². The largest absolute Gasteiger partial charge is 0.298 e. The summed E-state index contributed by atoms with van der Waals surface area (Å²) in [5.74, 6) is 0. The SMILES string of the molecule is CN(C)S(=O)(=O)c1cccc(CN2CCCN(Cc3ccc(Cl)cc3)CC2)c1. The van der Waals surface area contributed by atoms with Gasteiger partial charge in [0.1, 0.15) is 0 Å². The number of halogens is 1. The molecule has 2 aromatic rings. The van der Waals surface area contributed by atoms with Crippen LogP contribution in [0, 0.1) is 0 Å². The number of benzene rings is 2. The van der Waals surface area contributed by atoms with Gasteiger partial charge >= 0.3 is 0 Å². The van der Waals surface area contributed by atoms with E-state index >= 15 is 0 Å². The van der Waals surface area contributed by atoms with Gasteiger partial charge in [-0.15, -0.1) is 0 Å². The van der Waals surface area contributed by atoms with Crippen LogP contribution in [0.5, 0.6) is 0 Å². The zero-order valence-corrected chi connectivity index (χ0v) is 18.1. The molecule has 0 aromatic heterocycles. The molecular formula is C21H28ClN3O2S. The van der Waals surface area contributed by atoms with E-state index in [0.717, 1.165) is 56.3 Å². The van der Waals surface area contributed by atoms with Crippen molar-refractivity contribution in [3.63, 3.8) is 0 Å². The van der Waals surface area contributed by atoms with E-state index in [1.54, 1.807) is 26.2 Å². The van der Waals surface area contributed by atoms with Gasteiger partial charge in [0, 0.05) is 45.3 Å². The molecular weight excluding hydrogens is 394 g/mol. The van der Waals surface area contributed by atoms with Crippen LogP contribution in [0.2, 0.25) is 5.02 Å². The van der Waals surface area contributed by atoms with Crippen molar-refractivity contribution in [1.29, 1.82) is 0 Å². The van der Waals surface area contributed by atoms with E-state index in [1.165, 1.54) is 9.87 Å². The summed E-state index contributed by atoms with van der Waals surface area (Å²) in [6, 6.07) is 15.3. The first-order valence-corrected chi connectivity index (χ1v) is 11.4. The van der Waals surface area contributed by atoms with Crippen LogP contribution in [0.3, 0.4) is 0 Å². The summed E-state index contributed by atoms with van der Waals surface area (Å²) < 4.78 is 26.0. The summed E-state index contributed by atoms with van der Waals surface area (Å²) in [7, 11) is -0.274. The highest BCUT2D eigenvalue weighted by Crippen LogP contribution is 2.18. The predicted octanol–water partition coefficient (Wildman–Crippen LogP) is 3.30. The van der Waals surface area contributed by atoms with Crippen LogP contribution in [0.25, 0.3) is 0 Å². The quantitative estimate of drug-likeness (QED) is 0.717. The molecule has 0 N–H and O–H groups in total. The van der Waals surface area contributed by atoms with Crippen molar-refractivity contribution < 1.29 is 8.42 Å². The molecule has 0 aliphatic carbocycles. The normalized spacial score (nSPS) is 17.0. The Labute approximate surface area is 173 Å². The van der Waals surface area contributed by atoms with Crippen LogP contribution in [0.4, 0.5) is 0 Å². The van der Waals surface area contributed by atoms with Crippen molar-refractivity contribution in [2.75, 3.05) is 40.3 Å². The molecule has 0 bridgehead atoms. The Bertz CT molecular complexity index is 885. The molecule has 28 heavy (non-hydrogen) atoms. The molecule has 1 fully saturated rings. The first-order chi connectivity index (χ1) is 13.3. The topological polar surface area (TPSA) is 43.9 Å². The number of hydrogen-bond acceptors (Lipinski definition) is 4. The van der Waals surface area contributed by atoms with Gasteiger partial charge in [-0.1, -0.05) is 35.9 Å². The number of hydrogen-bond donors (Lipinski definition) is 0. The minimum atomic E-state index is -3.40. The highest BCUT2D eigenvalue weighted by atomic mass is 35.5. The molecule has 2 aromatic carbocycles. The van der Waals surface area contributed by atoms with Crippen molar-refractivity contribution >= 4 is 21.6 Å². The maximum absolute atomic E-state index is 12.4. The molecule has 0 radical (unpaired) electrons. The van der Waals surface area contributed by atoms with Crippen LogP contribution >= 0.6 is 11.6 Å². The summed E-state index contributed by atoms with van der Waals surface area (Å²) in [5.41, 5.74) is 2.31. The monoisotopic (exact) mass is 421 g/mol. The molecule has 7 heteroatoms. The first-order valence-electron chi connectivity index (χ1n) is 9.55. The molecule has 1 heterocycles. The number of rotatable bonds is 6. The summed E-state index contributed by atoms with van der Waals surface area (Å²) in [4.78, 5) is 5.23. The van der Waals surface area contributed by atoms with E-state index < -0.39 is 10.0 Å². The summed E-state index contributed by atoms with van der Waals surface area (Å²) in [6.07, 6.45) is 1.10. The van der Waals surface area contributed by atoms with Gasteiger partial charge in [-0.3, -0.25) is 9.80 Å². The zero-order valence-electron chi connectivity index (χ0n) is 16.5. The fraction of sp³-hybridized carbons (Fsp3) is 0.429. The lowest BCUT2D eigenvalue weighted by Gasteiger charge is -2.22. The molecule has 1 aliphatic heterocycles. The second kappa shape index (κ2) is 9.37. The Morgan fingerprint density at radius 2 is 1.50 bits per heavy atom. The van der Waals surface area contributed by atoms with Crippen LogP contribution in [-0.4, -0.2) is 62.8 Å². The van der Waals surface area contributed by atoms with Gasteiger partial charge in [-0.05, 0) is 54.9 Å². The van der Waals surface area contributed by atoms with E-state index in [9.17, 15) is 8.42 Å². The zero-order chi connectivity index (χ0) is 20.1. The molecule has 0 amide bonds. The van der Waals surface area contributed by atoms with E-state index in [2.05, 4.69) is 21.9 Å². The van der Waals surface area contributed by atoms with Gasteiger partial charge in [0.2, 0.25) is 10.0 Å². The predicted molar refractivity (Wildman–Crippen MR) is 114 cm³/mol. The lowest BCUT2D eigenvalue weighted by molar-refractivity contribution is 0.247. The maximum atomic E-state index is 12.4. The smallest absolute Gasteiger partial charge is 0.242 e. The Balaban J connectivity index is 1.60. The third-order valence-corrected chi connectivity index (χ3v) is 7.15. The highest BCUT2D eigenvalue weighted by Gasteiger charge is 2.19. The molecule has 0 atom stereocenters. The standard InChI is InChI=1S/C21H28ClN3O2S/c1-23(2)28(26,27)21-6-3-5-19(15-21)17-25-12-4-11-24(13-14-25)16-18-7-9-20(22)10-8-18/h3,5-10,15H,4,11-14,16-17H2,1-2H3. The average Bonchev–Trinajstić information content (AvgIpc) is 2.89. The second-order valence-electron chi connectivity index (χ2n) is 7.47. The highest BCUT2D eigenvalue weighted by molar-refractivity contribution is 7.89. The maximum Gasteiger partial charge on any atom is 0.242 e. The fourth-order valence-corrected chi connectivity index (χ4v) is 4.56. The van der Waals surface area contributed by atoms with Gasteiger partial charge < -0.3 is 0 Å². The van der Waals surface area contributed by atoms with E-state index in [-0.39, 0.29) is 0 Å². The van der Waals surface area contributed by atoms with Crippen LogP contribution < -0.4 is 0 Å². The average molecular weight is 422 g/mol. The second-order valence-corrected chi connectivity index (χ2v) is 10.1. The Kier molecular flexibility index (Phi) is 7.12. The molecule has 0 spiro atoms. The van der Waals surface area contributed by atoms with Crippen molar-refractivity contribution in [3.05, 3.63) is 64.7 Å². The Hall–Kier alpha value is -1.44. The van der Waals surface area contributed by atoms with E-state index in [0.29, 0.717) is 4.90 Å². The van der Waals surface area contributed by atoms with Crippen molar-refractivity contribution in [2.45, 2.75) is 24.4 Å². The van der Waals surface area contributed by atoms with Gasteiger partial charge in [-0.25, -0.2) is 12.7 Å². The molecule has 0 unspecified atom stereocenters. The third-order valence-electron chi connectivity index (χ3n) is 5.08. The fourth-order valence-electron chi connectivity index (χ4n) is 3.46. The molecule has 152 valence electrons. The minimum Gasteiger partial charge on any atom is -0.298 e. The summed E-state index contributed by atoms with van der Waals surface area (Å²) in [6.45, 7) is 5.75. The van der Waals surface area contributed by atoms with Crippen molar-refractivity contribution in [1.82, 2.24) is 14.1 Å². The van der Waals surface area contributed by atoms with Gasteiger partial charge in [0.15, 0.2) is 0 Å². The van der Waals surface area contributed by atoms with E-state index in [1.807, 2.05) is 24.3 Å². The minimum absolute atomic E-state index is 0.356. The Morgan fingerprint density at radius 1 is 0.893 bits per heavy atom. The molecule has 1 aliphatic rings. The van der Waals surface area contributed by atoms with Crippen molar-refractivity contribution in [2.24, 2.45) is 0 Å². The number of sulfonamides is 1. The molecule has 0 saturated carbocycles. The van der Waals surface area contributed by atoms with E-state index in [4.69, 9.17) is 11.6 Å². The first kappa shape index (κ1) is 21.3. The van der Waals surface area contributed by atoms with Gasteiger partial charge in [0.25, 0.3) is 0 Å². The summed E-state index contributed by atoms with van der Waals surface area (Å²) >= 11 is 5.97. The molecule has 3 rings (SSSR count).